The number of primary amides is 1. The van der Waals surface area contributed by atoms with Crippen molar-refractivity contribution in [3.8, 4) is 0 Å². The quantitative estimate of drug-likeness (QED) is 0.0401. The molecular formula is C66H103N17O16S. The molecule has 2 unspecified atom stereocenters. The Hall–Kier alpha value is -9.05. The zero-order chi connectivity index (χ0) is 74.3. The summed E-state index contributed by atoms with van der Waals surface area (Å²) >= 11 is 1.35. The number of nitrogens with two attached hydrogens (primary N) is 3. The van der Waals surface area contributed by atoms with Gasteiger partial charge in [0.1, 0.15) is 66.5 Å². The molecule has 554 valence electrons. The van der Waals surface area contributed by atoms with Crippen molar-refractivity contribution in [2.45, 2.75) is 224 Å². The Labute approximate surface area is 586 Å². The molecular weight excluding hydrogens is 1320 g/mol. The van der Waals surface area contributed by atoms with Gasteiger partial charge in [0.05, 0.1) is 30.3 Å². The van der Waals surface area contributed by atoms with Gasteiger partial charge < -0.3 is 90.9 Å². The number of thioether (sulfide) groups is 1. The number of carboxylic acids is 2. The number of nitrogens with one attached hydrogen (secondary N) is 12. The van der Waals surface area contributed by atoms with Gasteiger partial charge in [-0.15, -0.1) is 11.8 Å². The van der Waals surface area contributed by atoms with Crippen LogP contribution in [0.1, 0.15) is 150 Å². The molecule has 1 aromatic heterocycles. The number of nitrogens with zero attached hydrogens (tertiary/aromatic N) is 2. The molecule has 0 bridgehead atoms. The first-order valence-electron chi connectivity index (χ1n) is 34.1. The SMILES string of the molecule is CCC(C)[C@H](N)C1=NC(C(=O)N[C@@H](CC(C)C)C(=O)N[C@H](CCC(=O)O)C(=O)N[C@H](C(=O)N[C@H]2CCCCNC(=O)[C@H](CC(N)=O)NC(=O)[C@@H](CC(=O)O)NC(=O)[C@H](Cc3cnc[nH]3)NC(=O)[C@@H](Cc3ccccc3)NC(=O)[C@H]([C@@H](C)CC)NC(=O)[C@@H](CCCN)NC2=O)[C@@H](C)CC)CS1. The number of aromatic amines is 1. The second-order valence-corrected chi connectivity index (χ2v) is 27.0. The number of rotatable bonds is 31. The van der Waals surface area contributed by atoms with E-state index in [1.165, 1.54) is 24.3 Å². The molecule has 34 heteroatoms. The topological polar surface area (TPSA) is 531 Å². The molecule has 0 aliphatic carbocycles. The van der Waals surface area contributed by atoms with E-state index in [2.05, 4.69) is 73.4 Å². The molecule has 12 amide bonds. The molecule has 2 aromatic rings. The fraction of sp³-hybridized carbons (Fsp3) is 0.636. The highest BCUT2D eigenvalue weighted by atomic mass is 32.2. The van der Waals surface area contributed by atoms with Gasteiger partial charge in [-0.3, -0.25) is 72.1 Å². The van der Waals surface area contributed by atoms with E-state index in [9.17, 15) is 77.3 Å². The highest BCUT2D eigenvalue weighted by molar-refractivity contribution is 8.14. The van der Waals surface area contributed by atoms with Crippen molar-refractivity contribution in [3.63, 3.8) is 0 Å². The van der Waals surface area contributed by atoms with Gasteiger partial charge in [0.15, 0.2) is 0 Å². The van der Waals surface area contributed by atoms with Crippen LogP contribution in [0.15, 0.2) is 47.8 Å². The number of carbonyl (C=O) groups excluding carboxylic acids is 12. The first-order valence-corrected chi connectivity index (χ1v) is 35.1. The summed E-state index contributed by atoms with van der Waals surface area (Å²) in [5, 5.41) is 49.1. The summed E-state index contributed by atoms with van der Waals surface area (Å²) in [6.45, 7) is 14.1. The molecule has 3 heterocycles. The van der Waals surface area contributed by atoms with E-state index in [0.29, 0.717) is 16.3 Å². The van der Waals surface area contributed by atoms with Crippen LogP contribution in [-0.4, -0.2) is 199 Å². The van der Waals surface area contributed by atoms with Crippen molar-refractivity contribution in [1.82, 2.24) is 68.5 Å². The number of hydrogen-bond donors (Lipinski definition) is 17. The molecule has 1 fully saturated rings. The van der Waals surface area contributed by atoms with Crippen LogP contribution >= 0.6 is 11.8 Å². The number of hydrogen-bond acceptors (Lipinski definition) is 19. The highest BCUT2D eigenvalue weighted by Crippen LogP contribution is 2.25. The normalized spacial score (nSPS) is 23.1. The lowest BCUT2D eigenvalue weighted by molar-refractivity contribution is -0.142. The van der Waals surface area contributed by atoms with Crippen LogP contribution in [-0.2, 0) is 80.0 Å². The van der Waals surface area contributed by atoms with Crippen LogP contribution in [0.4, 0.5) is 0 Å². The number of imidazole rings is 1. The van der Waals surface area contributed by atoms with Crippen LogP contribution in [0.25, 0.3) is 0 Å². The zero-order valence-corrected chi connectivity index (χ0v) is 59.0. The predicted octanol–water partition coefficient (Wildman–Crippen LogP) is -1.68. The van der Waals surface area contributed by atoms with E-state index in [1.54, 1.807) is 58.0 Å². The maximum Gasteiger partial charge on any atom is 0.305 e. The average molecular weight is 1420 g/mol. The van der Waals surface area contributed by atoms with Gasteiger partial charge in [0.25, 0.3) is 0 Å². The minimum atomic E-state index is -1.94. The first kappa shape index (κ1) is 83.4. The smallest absolute Gasteiger partial charge is 0.305 e. The standard InChI is InChI=1S/C66H103N17O16S/c1-9-35(6)52(69)66-81-48(32-100-66)63(97)76-43(26-34(4)5)59(93)74-42(22-23-50(85)86)58(92)83-53(36(7)10-2)64(98)75-40-20-15-16-25-71-55(89)46(29-49(68)84)78-62(96)47(30-51(87)88)79-61(95)45(28-39-31-70-33-72-39)77-60(94)44(27-38-18-13-12-14-19-38)80-65(99)54(37(8)11-3)82-57(91)41(21-17-24-67)73-56(40)90/h12-14,18-19,31,33-37,40-48,52-54H,9-11,15-17,20-30,32,67,69H2,1-8H3,(H2,68,84)(H,70,72)(H,71,89)(H,73,90)(H,74,93)(H,75,98)(H,76,97)(H,77,94)(H,78,96)(H,79,95)(H,80,99)(H,82,91)(H,83,92)(H,85,86)(H,87,88)/t35?,36-,37-,40-,41+,42+,43-,44+,45-,46-,47+,48?,52-,53-,54-/m0/s1. The van der Waals surface area contributed by atoms with Crippen LogP contribution in [0.5, 0.6) is 0 Å². The van der Waals surface area contributed by atoms with Crippen molar-refractivity contribution < 1.29 is 77.3 Å². The van der Waals surface area contributed by atoms with Gasteiger partial charge in [-0.05, 0) is 80.7 Å². The molecule has 0 saturated carbocycles. The van der Waals surface area contributed by atoms with E-state index >= 15 is 0 Å². The number of carbonyl (C=O) groups is 14. The van der Waals surface area contributed by atoms with Gasteiger partial charge in [-0.25, -0.2) is 4.98 Å². The zero-order valence-electron chi connectivity index (χ0n) is 58.2. The predicted molar refractivity (Wildman–Crippen MR) is 369 cm³/mol. The lowest BCUT2D eigenvalue weighted by Crippen LogP contribution is -2.62. The van der Waals surface area contributed by atoms with Crippen LogP contribution in [0.2, 0.25) is 0 Å². The van der Waals surface area contributed by atoms with Crippen LogP contribution in [0.3, 0.4) is 0 Å². The third kappa shape index (κ3) is 27.6. The van der Waals surface area contributed by atoms with Crippen LogP contribution in [0, 0.1) is 23.7 Å². The molecule has 33 nitrogen and oxygen atoms in total. The third-order valence-corrected chi connectivity index (χ3v) is 18.6. The summed E-state index contributed by atoms with van der Waals surface area (Å²) in [5.74, 6) is -15.4. The molecule has 2 aliphatic heterocycles. The Morgan fingerprint density at radius 1 is 0.660 bits per heavy atom. The number of carboxylic acid groups (broad SMARTS) is 2. The third-order valence-electron chi connectivity index (χ3n) is 17.5. The second-order valence-electron chi connectivity index (χ2n) is 26.0. The summed E-state index contributed by atoms with van der Waals surface area (Å²) in [4.78, 5) is 207. The van der Waals surface area contributed by atoms with Crippen LogP contribution < -0.4 is 75.7 Å². The Kier molecular flexibility index (Phi) is 35.1. The minimum absolute atomic E-state index is 0.00117. The van der Waals surface area contributed by atoms with E-state index in [4.69, 9.17) is 17.2 Å². The number of H-pyrrole nitrogens is 1. The molecule has 15 atom stereocenters. The monoisotopic (exact) mass is 1420 g/mol. The van der Waals surface area contributed by atoms with E-state index in [0.717, 1.165) is 6.42 Å². The molecule has 20 N–H and O–H groups in total. The number of amides is 12. The number of benzene rings is 1. The molecule has 0 radical (unpaired) electrons. The van der Waals surface area contributed by atoms with Crippen molar-refractivity contribution in [3.05, 3.63) is 54.1 Å². The van der Waals surface area contributed by atoms with Crippen molar-refractivity contribution in [2.24, 2.45) is 45.9 Å². The lowest BCUT2D eigenvalue weighted by Gasteiger charge is -2.30. The minimum Gasteiger partial charge on any atom is -0.481 e. The lowest BCUT2D eigenvalue weighted by atomic mass is 9.96. The molecule has 1 saturated heterocycles. The maximum absolute atomic E-state index is 14.9. The van der Waals surface area contributed by atoms with E-state index < -0.39 is 193 Å². The Morgan fingerprint density at radius 2 is 1.26 bits per heavy atom. The Balaban J connectivity index is 1.77. The summed E-state index contributed by atoms with van der Waals surface area (Å²) in [7, 11) is 0. The van der Waals surface area contributed by atoms with E-state index in [-0.39, 0.29) is 94.9 Å². The van der Waals surface area contributed by atoms with Gasteiger partial charge >= 0.3 is 11.9 Å². The van der Waals surface area contributed by atoms with Gasteiger partial charge in [0, 0.05) is 43.5 Å². The van der Waals surface area contributed by atoms with Crippen molar-refractivity contribution in [1.29, 1.82) is 0 Å². The Bertz CT molecular complexity index is 3160. The van der Waals surface area contributed by atoms with Crippen molar-refractivity contribution >= 4 is 99.6 Å². The number of aromatic nitrogens is 2. The molecule has 0 spiro atoms. The molecule has 2 aliphatic rings. The van der Waals surface area contributed by atoms with Gasteiger partial charge in [0.2, 0.25) is 70.9 Å². The largest absolute Gasteiger partial charge is 0.481 e. The van der Waals surface area contributed by atoms with Gasteiger partial charge in [-0.2, -0.15) is 0 Å². The summed E-state index contributed by atoms with van der Waals surface area (Å²) in [6, 6.07) is -8.34. The Morgan fingerprint density at radius 3 is 1.85 bits per heavy atom. The number of aliphatic carboxylic acids is 2. The molecule has 1 aromatic carbocycles. The van der Waals surface area contributed by atoms with E-state index in [1.807, 2.05) is 27.7 Å². The van der Waals surface area contributed by atoms with Gasteiger partial charge in [-0.1, -0.05) is 105 Å². The highest BCUT2D eigenvalue weighted by Gasteiger charge is 2.40. The van der Waals surface area contributed by atoms with Crippen molar-refractivity contribution in [2.75, 3.05) is 18.8 Å². The average Bonchev–Trinajstić information content (AvgIpc) is 1.37. The molecule has 4 rings (SSSR count). The maximum atomic E-state index is 14.9. The number of aliphatic imine (C=N–C) groups is 1. The summed E-state index contributed by atoms with van der Waals surface area (Å²) < 4.78 is 0. The fourth-order valence-electron chi connectivity index (χ4n) is 10.9. The fourth-order valence-corrected chi connectivity index (χ4v) is 12.0. The second kappa shape index (κ2) is 42.1. The summed E-state index contributed by atoms with van der Waals surface area (Å²) in [6.07, 6.45) is 0.368. The summed E-state index contributed by atoms with van der Waals surface area (Å²) in [5.41, 5.74) is 18.7. The molecule has 100 heavy (non-hydrogen) atoms. The first-order chi connectivity index (χ1) is 47.4.